The zero-order valence-corrected chi connectivity index (χ0v) is 16.8. The number of ether oxygens (including phenoxy) is 1. The van der Waals surface area contributed by atoms with Crippen LogP contribution in [0.1, 0.15) is 60.5 Å². The Hall–Kier alpha value is -1.66. The van der Waals surface area contributed by atoms with Crippen LogP contribution < -0.4 is 0 Å². The number of thiophene rings is 1. The topological polar surface area (TPSA) is 47.4 Å². The average Bonchev–Trinajstić information content (AvgIpc) is 3.22. The van der Waals surface area contributed by atoms with Crippen molar-refractivity contribution >= 4 is 17.2 Å². The highest BCUT2D eigenvalue weighted by atomic mass is 32.1. The van der Waals surface area contributed by atoms with Crippen molar-refractivity contribution in [2.24, 2.45) is 5.41 Å². The van der Waals surface area contributed by atoms with E-state index in [1.165, 1.54) is 0 Å². The molecule has 1 spiro atoms. The third-order valence-electron chi connectivity index (χ3n) is 5.67. The van der Waals surface area contributed by atoms with Gasteiger partial charge < -0.3 is 9.64 Å². The lowest BCUT2D eigenvalue weighted by atomic mass is 9.64. The van der Waals surface area contributed by atoms with Crippen LogP contribution in [-0.4, -0.2) is 40.3 Å². The molecule has 0 saturated carbocycles. The van der Waals surface area contributed by atoms with Crippen molar-refractivity contribution in [1.29, 1.82) is 0 Å². The van der Waals surface area contributed by atoms with Gasteiger partial charge in [-0.15, -0.1) is 11.3 Å². The predicted octanol–water partition coefficient (Wildman–Crippen LogP) is 4.00. The largest absolute Gasteiger partial charge is 0.381 e. The molecule has 0 radical (unpaired) electrons. The second kappa shape index (κ2) is 6.20. The molecule has 2 aromatic heterocycles. The zero-order chi connectivity index (χ0) is 18.5. The van der Waals surface area contributed by atoms with Gasteiger partial charge >= 0.3 is 0 Å². The van der Waals surface area contributed by atoms with E-state index >= 15 is 0 Å². The van der Waals surface area contributed by atoms with E-state index in [1.807, 2.05) is 34.1 Å². The lowest BCUT2D eigenvalue weighted by molar-refractivity contribution is -0.115. The Morgan fingerprint density at radius 3 is 2.65 bits per heavy atom. The highest BCUT2D eigenvalue weighted by molar-refractivity contribution is 7.12. The van der Waals surface area contributed by atoms with Crippen LogP contribution in [0.3, 0.4) is 0 Å². The molecular weight excluding hydrogens is 346 g/mol. The molecular formula is C20H27N3O2S. The summed E-state index contributed by atoms with van der Waals surface area (Å²) in [5, 5.41) is 6.63. The molecule has 2 saturated heterocycles. The molecule has 2 aromatic rings. The van der Waals surface area contributed by atoms with Crippen LogP contribution in [0.5, 0.6) is 0 Å². The highest BCUT2D eigenvalue weighted by Gasteiger charge is 2.56. The first-order valence-electron chi connectivity index (χ1n) is 9.29. The SMILES string of the molecule is Cc1csc(C(=O)N2CC3(CCOCC3)C2c2cnn(C(C)(C)C)c2)c1. The number of aromatic nitrogens is 2. The fourth-order valence-corrected chi connectivity index (χ4v) is 5.05. The first-order valence-corrected chi connectivity index (χ1v) is 10.2. The van der Waals surface area contributed by atoms with Crippen LogP contribution in [0, 0.1) is 12.3 Å². The maximum Gasteiger partial charge on any atom is 0.264 e. The van der Waals surface area contributed by atoms with Crippen molar-refractivity contribution in [1.82, 2.24) is 14.7 Å². The summed E-state index contributed by atoms with van der Waals surface area (Å²) < 4.78 is 7.61. The number of hydrogen-bond acceptors (Lipinski definition) is 4. The van der Waals surface area contributed by atoms with Gasteiger partial charge in [-0.3, -0.25) is 9.48 Å². The molecule has 140 valence electrons. The summed E-state index contributed by atoms with van der Waals surface area (Å²) in [5.41, 5.74) is 2.36. The third-order valence-corrected chi connectivity index (χ3v) is 6.71. The minimum absolute atomic E-state index is 0.0649. The Morgan fingerprint density at radius 2 is 2.08 bits per heavy atom. The number of aryl methyl sites for hydroxylation is 1. The van der Waals surface area contributed by atoms with E-state index in [9.17, 15) is 4.79 Å². The highest BCUT2D eigenvalue weighted by Crippen LogP contribution is 2.55. The molecule has 0 bridgehead atoms. The Bertz CT molecular complexity index is 811. The Balaban J connectivity index is 1.67. The van der Waals surface area contributed by atoms with Gasteiger partial charge in [0.15, 0.2) is 0 Å². The van der Waals surface area contributed by atoms with E-state index < -0.39 is 0 Å². The van der Waals surface area contributed by atoms with Crippen molar-refractivity contribution < 1.29 is 9.53 Å². The molecule has 1 unspecified atom stereocenters. The summed E-state index contributed by atoms with van der Waals surface area (Å²) in [4.78, 5) is 16.0. The van der Waals surface area contributed by atoms with Crippen molar-refractivity contribution in [3.8, 4) is 0 Å². The van der Waals surface area contributed by atoms with Crippen molar-refractivity contribution in [2.75, 3.05) is 19.8 Å². The van der Waals surface area contributed by atoms with Gasteiger partial charge in [-0.2, -0.15) is 5.10 Å². The van der Waals surface area contributed by atoms with Gasteiger partial charge in [0, 0.05) is 36.9 Å². The first kappa shape index (κ1) is 17.7. The third kappa shape index (κ3) is 2.89. The smallest absolute Gasteiger partial charge is 0.264 e. The second-order valence-electron chi connectivity index (χ2n) is 8.69. The minimum atomic E-state index is -0.0649. The summed E-state index contributed by atoms with van der Waals surface area (Å²) in [6.45, 7) is 10.9. The lowest BCUT2D eigenvalue weighted by Gasteiger charge is -2.58. The summed E-state index contributed by atoms with van der Waals surface area (Å²) in [7, 11) is 0. The Labute approximate surface area is 159 Å². The molecule has 6 heteroatoms. The van der Waals surface area contributed by atoms with Crippen LogP contribution in [0.15, 0.2) is 23.8 Å². The molecule has 5 nitrogen and oxygen atoms in total. The standard InChI is InChI=1S/C20H27N3O2S/c1-14-9-16(26-12-14)18(24)22-13-20(5-7-25-8-6-20)17(22)15-10-21-23(11-15)19(2,3)4/h9-12,17H,5-8,13H2,1-4H3. The van der Waals surface area contributed by atoms with E-state index in [-0.39, 0.29) is 22.9 Å². The molecule has 1 atom stereocenters. The van der Waals surface area contributed by atoms with Gasteiger partial charge in [0.2, 0.25) is 0 Å². The van der Waals surface area contributed by atoms with E-state index in [0.717, 1.165) is 48.6 Å². The van der Waals surface area contributed by atoms with Gasteiger partial charge in [0.1, 0.15) is 0 Å². The molecule has 0 aromatic carbocycles. The minimum Gasteiger partial charge on any atom is -0.381 e. The number of carbonyl (C=O) groups is 1. The van der Waals surface area contributed by atoms with Crippen LogP contribution in [0.25, 0.3) is 0 Å². The molecule has 0 N–H and O–H groups in total. The van der Waals surface area contributed by atoms with Gasteiger partial charge in [0.05, 0.1) is 22.7 Å². The Kier molecular flexibility index (Phi) is 4.23. The fourth-order valence-electron chi connectivity index (χ4n) is 4.20. The summed E-state index contributed by atoms with van der Waals surface area (Å²) in [6.07, 6.45) is 6.09. The number of hydrogen-bond donors (Lipinski definition) is 0. The van der Waals surface area contributed by atoms with E-state index in [4.69, 9.17) is 4.74 Å². The van der Waals surface area contributed by atoms with Crippen molar-refractivity contribution in [3.05, 3.63) is 39.8 Å². The second-order valence-corrected chi connectivity index (χ2v) is 9.60. The molecule has 2 aliphatic heterocycles. The fraction of sp³-hybridized carbons (Fsp3) is 0.600. The summed E-state index contributed by atoms with van der Waals surface area (Å²) in [6, 6.07) is 2.09. The van der Waals surface area contributed by atoms with Gasteiger partial charge in [-0.25, -0.2) is 0 Å². The number of carbonyl (C=O) groups excluding carboxylic acids is 1. The molecule has 2 aliphatic rings. The van der Waals surface area contributed by atoms with Crippen molar-refractivity contribution in [3.63, 3.8) is 0 Å². The molecule has 0 aliphatic carbocycles. The molecule has 4 heterocycles. The zero-order valence-electron chi connectivity index (χ0n) is 16.0. The summed E-state index contributed by atoms with van der Waals surface area (Å²) in [5.74, 6) is 0.147. The average molecular weight is 374 g/mol. The van der Waals surface area contributed by atoms with Gasteiger partial charge in [-0.1, -0.05) is 0 Å². The van der Waals surface area contributed by atoms with E-state index in [2.05, 4.69) is 32.1 Å². The first-order chi connectivity index (χ1) is 12.3. The number of nitrogens with zero attached hydrogens (tertiary/aromatic N) is 3. The molecule has 1 amide bonds. The van der Waals surface area contributed by atoms with Crippen LogP contribution in [0.2, 0.25) is 0 Å². The quantitative estimate of drug-likeness (QED) is 0.799. The van der Waals surface area contributed by atoms with Gasteiger partial charge in [-0.05, 0) is 57.5 Å². The summed E-state index contributed by atoms with van der Waals surface area (Å²) >= 11 is 1.54. The maximum absolute atomic E-state index is 13.1. The van der Waals surface area contributed by atoms with Crippen LogP contribution in [-0.2, 0) is 10.3 Å². The molecule has 26 heavy (non-hydrogen) atoms. The monoisotopic (exact) mass is 373 g/mol. The van der Waals surface area contributed by atoms with E-state index in [0.29, 0.717) is 0 Å². The van der Waals surface area contributed by atoms with Gasteiger partial charge in [0.25, 0.3) is 5.91 Å². The van der Waals surface area contributed by atoms with E-state index in [1.54, 1.807) is 11.3 Å². The van der Waals surface area contributed by atoms with Crippen LogP contribution in [0.4, 0.5) is 0 Å². The Morgan fingerprint density at radius 1 is 1.35 bits per heavy atom. The normalized spacial score (nSPS) is 22.5. The molecule has 2 fully saturated rings. The van der Waals surface area contributed by atoms with Crippen LogP contribution >= 0.6 is 11.3 Å². The predicted molar refractivity (Wildman–Crippen MR) is 103 cm³/mol. The molecule has 4 rings (SSSR count). The maximum atomic E-state index is 13.1. The number of amides is 1. The lowest BCUT2D eigenvalue weighted by Crippen LogP contribution is -2.62. The number of rotatable bonds is 2. The van der Waals surface area contributed by atoms with Crippen molar-refractivity contribution in [2.45, 2.75) is 52.1 Å². The number of likely N-dealkylation sites (tertiary alicyclic amines) is 1.